The third kappa shape index (κ3) is 9.75. The summed E-state index contributed by atoms with van der Waals surface area (Å²) in [5, 5.41) is 5.58. The number of rotatable bonds is 13. The number of nitrogens with two attached hydrogens (primary N) is 1. The molecule has 32 heavy (non-hydrogen) atoms. The van der Waals surface area contributed by atoms with Gasteiger partial charge in [-0.1, -0.05) is 13.3 Å². The lowest BCUT2D eigenvalue weighted by atomic mass is 10.2. The highest BCUT2D eigenvalue weighted by Gasteiger charge is 2.23. The molecule has 1 aromatic heterocycles. The molecule has 0 aliphatic rings. The zero-order valence-electron chi connectivity index (χ0n) is 19.5. The lowest BCUT2D eigenvalue weighted by molar-refractivity contribution is -0.141. The third-order valence-corrected chi connectivity index (χ3v) is 3.89. The topological polar surface area (TPSA) is 158 Å². The van der Waals surface area contributed by atoms with Gasteiger partial charge in [-0.05, 0) is 45.7 Å². The number of hydrogen-bond donors (Lipinski definition) is 2. The molecule has 0 radical (unpaired) electrons. The number of esters is 1. The molecular formula is C20H34N6O6. The average Bonchev–Trinajstić information content (AvgIpc) is 2.69. The van der Waals surface area contributed by atoms with Gasteiger partial charge >= 0.3 is 18.1 Å². The van der Waals surface area contributed by atoms with E-state index in [1.807, 2.05) is 6.92 Å². The number of anilines is 2. The third-order valence-electron chi connectivity index (χ3n) is 3.89. The first-order chi connectivity index (χ1) is 15.1. The van der Waals surface area contributed by atoms with Crippen molar-refractivity contribution >= 4 is 29.4 Å². The molecule has 0 aromatic carbocycles. The zero-order chi connectivity index (χ0) is 24.1. The molecule has 0 unspecified atom stereocenters. The Kier molecular flexibility index (Phi) is 11.1. The number of amides is 1. The number of hydrogen-bond acceptors (Lipinski definition) is 11. The molecule has 0 spiro atoms. The zero-order valence-corrected chi connectivity index (χ0v) is 19.5. The van der Waals surface area contributed by atoms with Crippen molar-refractivity contribution in [1.29, 1.82) is 0 Å². The second-order valence-electron chi connectivity index (χ2n) is 7.87. The van der Waals surface area contributed by atoms with Gasteiger partial charge in [-0.15, -0.1) is 4.91 Å². The summed E-state index contributed by atoms with van der Waals surface area (Å²) in [7, 11) is 0. The Morgan fingerprint density at radius 3 is 2.50 bits per heavy atom. The van der Waals surface area contributed by atoms with Crippen molar-refractivity contribution in [3.05, 3.63) is 4.91 Å². The van der Waals surface area contributed by atoms with Crippen LogP contribution in [0.3, 0.4) is 0 Å². The van der Waals surface area contributed by atoms with Crippen LogP contribution in [0.5, 0.6) is 6.01 Å². The molecule has 180 valence electrons. The van der Waals surface area contributed by atoms with Crippen LogP contribution >= 0.6 is 0 Å². The van der Waals surface area contributed by atoms with Gasteiger partial charge in [0, 0.05) is 13.1 Å². The van der Waals surface area contributed by atoms with Gasteiger partial charge in [0.2, 0.25) is 0 Å². The number of alkyl carbamates (subject to hydrolysis) is 1. The number of nitrogens with one attached hydrogen (secondary N) is 1. The highest BCUT2D eigenvalue weighted by molar-refractivity contribution is 5.80. The van der Waals surface area contributed by atoms with E-state index in [9.17, 15) is 14.5 Å². The lowest BCUT2D eigenvalue weighted by Crippen LogP contribution is -2.36. The van der Waals surface area contributed by atoms with Crippen LogP contribution < -0.4 is 20.7 Å². The fourth-order valence-electron chi connectivity index (χ4n) is 2.52. The van der Waals surface area contributed by atoms with Crippen molar-refractivity contribution in [2.45, 2.75) is 59.5 Å². The molecule has 1 rings (SSSR count). The van der Waals surface area contributed by atoms with Gasteiger partial charge < -0.3 is 30.2 Å². The summed E-state index contributed by atoms with van der Waals surface area (Å²) in [5.41, 5.74) is 5.07. The van der Waals surface area contributed by atoms with Gasteiger partial charge in [-0.2, -0.15) is 9.97 Å². The van der Waals surface area contributed by atoms with Crippen molar-refractivity contribution < 1.29 is 23.8 Å². The van der Waals surface area contributed by atoms with Crippen molar-refractivity contribution in [2.24, 2.45) is 5.18 Å². The summed E-state index contributed by atoms with van der Waals surface area (Å²) in [6.45, 7) is 9.87. The van der Waals surface area contributed by atoms with Crippen LogP contribution in [0.25, 0.3) is 0 Å². The number of nitroso groups, excluding NO2 is 1. The standard InChI is InChI=1S/C20H34N6O6/c1-6-8-12-31-18-23-16(21)15(25-29)17(24-18)26(13-14(27)30-7-2)11-9-10-22-19(28)32-20(3,4)5/h6-13H2,1-5H3,(H,22,28)(H2,21,23,24). The average molecular weight is 455 g/mol. The van der Waals surface area contributed by atoms with Crippen LogP contribution in [0, 0.1) is 4.91 Å². The van der Waals surface area contributed by atoms with Gasteiger partial charge in [0.15, 0.2) is 17.3 Å². The van der Waals surface area contributed by atoms with Crippen LogP contribution in [0.4, 0.5) is 22.1 Å². The first-order valence-corrected chi connectivity index (χ1v) is 10.6. The molecule has 0 bridgehead atoms. The predicted molar refractivity (Wildman–Crippen MR) is 120 cm³/mol. The molecule has 0 aliphatic carbocycles. The molecule has 1 heterocycles. The predicted octanol–water partition coefficient (Wildman–Crippen LogP) is 2.92. The van der Waals surface area contributed by atoms with Gasteiger partial charge in [0.05, 0.1) is 13.2 Å². The van der Waals surface area contributed by atoms with E-state index in [0.717, 1.165) is 12.8 Å². The van der Waals surface area contributed by atoms with E-state index in [2.05, 4.69) is 20.5 Å². The quantitative estimate of drug-likeness (QED) is 0.258. The second kappa shape index (κ2) is 13.3. The molecule has 0 saturated carbocycles. The molecule has 12 heteroatoms. The molecule has 0 fully saturated rings. The Labute approximate surface area is 188 Å². The Hall–Kier alpha value is -3.18. The van der Waals surface area contributed by atoms with E-state index in [-0.39, 0.29) is 49.6 Å². The molecule has 1 aromatic rings. The van der Waals surface area contributed by atoms with E-state index in [1.165, 1.54) is 4.90 Å². The summed E-state index contributed by atoms with van der Waals surface area (Å²) in [5.74, 6) is -0.614. The highest BCUT2D eigenvalue weighted by Crippen LogP contribution is 2.33. The minimum Gasteiger partial charge on any atom is -0.465 e. The maximum absolute atomic E-state index is 12.1. The minimum atomic E-state index is -0.614. The molecule has 12 nitrogen and oxygen atoms in total. The maximum Gasteiger partial charge on any atom is 0.407 e. The van der Waals surface area contributed by atoms with Gasteiger partial charge in [0.1, 0.15) is 12.1 Å². The van der Waals surface area contributed by atoms with Crippen molar-refractivity contribution in [3.63, 3.8) is 0 Å². The van der Waals surface area contributed by atoms with Crippen LogP contribution in [-0.4, -0.2) is 60.5 Å². The Balaban J connectivity index is 2.99. The van der Waals surface area contributed by atoms with Crippen LogP contribution in [-0.2, 0) is 14.3 Å². The Bertz CT molecular complexity index is 768. The molecule has 0 atom stereocenters. The normalized spacial score (nSPS) is 10.9. The largest absolute Gasteiger partial charge is 0.465 e. The Morgan fingerprint density at radius 1 is 1.19 bits per heavy atom. The fourth-order valence-corrected chi connectivity index (χ4v) is 2.52. The second-order valence-corrected chi connectivity index (χ2v) is 7.87. The molecule has 1 amide bonds. The van der Waals surface area contributed by atoms with E-state index in [1.54, 1.807) is 27.7 Å². The molecular weight excluding hydrogens is 420 g/mol. The SMILES string of the molecule is CCCCOc1nc(N)c(N=O)c(N(CCCNC(=O)OC(C)(C)C)CC(=O)OCC)n1. The summed E-state index contributed by atoms with van der Waals surface area (Å²) in [6.07, 6.45) is 1.56. The molecule has 0 saturated heterocycles. The van der Waals surface area contributed by atoms with E-state index in [0.29, 0.717) is 13.0 Å². The van der Waals surface area contributed by atoms with Crippen molar-refractivity contribution in [2.75, 3.05) is 43.5 Å². The van der Waals surface area contributed by atoms with Gasteiger partial charge in [-0.25, -0.2) is 4.79 Å². The number of aromatic nitrogens is 2. The minimum absolute atomic E-state index is 0.0147. The number of carbonyl (C=O) groups excluding carboxylic acids is 2. The summed E-state index contributed by atoms with van der Waals surface area (Å²) in [4.78, 5) is 45.1. The molecule has 3 N–H and O–H groups in total. The summed E-state index contributed by atoms with van der Waals surface area (Å²) >= 11 is 0. The number of carbonyl (C=O) groups is 2. The number of nitrogens with zero attached hydrogens (tertiary/aromatic N) is 4. The summed E-state index contributed by atoms with van der Waals surface area (Å²) in [6, 6.07) is -0.0147. The number of unbranched alkanes of at least 4 members (excludes halogenated alkanes) is 1. The monoisotopic (exact) mass is 454 g/mol. The van der Waals surface area contributed by atoms with E-state index < -0.39 is 17.7 Å². The van der Waals surface area contributed by atoms with E-state index in [4.69, 9.17) is 19.9 Å². The van der Waals surface area contributed by atoms with Crippen molar-refractivity contribution in [1.82, 2.24) is 15.3 Å². The first kappa shape index (κ1) is 26.9. The highest BCUT2D eigenvalue weighted by atomic mass is 16.6. The summed E-state index contributed by atoms with van der Waals surface area (Å²) < 4.78 is 15.7. The number of nitrogen functional groups attached to an aromatic ring is 1. The lowest BCUT2D eigenvalue weighted by Gasteiger charge is -2.24. The van der Waals surface area contributed by atoms with Crippen LogP contribution in [0.1, 0.15) is 53.9 Å². The Morgan fingerprint density at radius 2 is 1.91 bits per heavy atom. The first-order valence-electron chi connectivity index (χ1n) is 10.6. The number of ether oxygens (including phenoxy) is 3. The van der Waals surface area contributed by atoms with Gasteiger partial charge in [-0.3, -0.25) is 4.79 Å². The molecule has 0 aliphatic heterocycles. The maximum atomic E-state index is 12.1. The van der Waals surface area contributed by atoms with E-state index >= 15 is 0 Å². The van der Waals surface area contributed by atoms with Gasteiger partial charge in [0.25, 0.3) is 0 Å². The smallest absolute Gasteiger partial charge is 0.407 e. The van der Waals surface area contributed by atoms with Crippen LogP contribution in [0.2, 0.25) is 0 Å². The van der Waals surface area contributed by atoms with Crippen molar-refractivity contribution in [3.8, 4) is 6.01 Å². The fraction of sp³-hybridized carbons (Fsp3) is 0.700. The van der Waals surface area contributed by atoms with Crippen LogP contribution in [0.15, 0.2) is 5.18 Å².